The Kier molecular flexibility index (Phi) is 6.47. The standard InChI is InChI=1S/C20H21FN2O3S/c1-26-10-2-9-22-20(25)15-5-8-18-17(11-15)23(19(24)13-27-18)12-14-3-6-16(21)7-4-14/h3-8,11H,2,9-10,12-13H2,1H3,(H,22,25). The van der Waals surface area contributed by atoms with Crippen LogP contribution in [0, 0.1) is 5.82 Å². The van der Waals surface area contributed by atoms with Crippen LogP contribution in [0.15, 0.2) is 47.4 Å². The van der Waals surface area contributed by atoms with Crippen molar-refractivity contribution < 1.29 is 18.7 Å². The van der Waals surface area contributed by atoms with Gasteiger partial charge in [0, 0.05) is 30.7 Å². The third-order valence-corrected chi connectivity index (χ3v) is 5.28. The summed E-state index contributed by atoms with van der Waals surface area (Å²) in [5, 5.41) is 2.85. The molecule has 0 aromatic heterocycles. The zero-order valence-electron chi connectivity index (χ0n) is 15.0. The van der Waals surface area contributed by atoms with E-state index in [1.807, 2.05) is 6.07 Å². The molecule has 0 fully saturated rings. The number of fused-ring (bicyclic) bond motifs is 1. The van der Waals surface area contributed by atoms with E-state index in [0.717, 1.165) is 16.9 Å². The lowest BCUT2D eigenvalue weighted by Gasteiger charge is -2.29. The Morgan fingerprint density at radius 1 is 1.26 bits per heavy atom. The monoisotopic (exact) mass is 388 g/mol. The first-order valence-corrected chi connectivity index (χ1v) is 9.66. The van der Waals surface area contributed by atoms with Crippen LogP contribution in [-0.4, -0.2) is 37.8 Å². The first-order valence-electron chi connectivity index (χ1n) is 8.67. The number of ether oxygens (including phenoxy) is 1. The maximum Gasteiger partial charge on any atom is 0.251 e. The lowest BCUT2D eigenvalue weighted by Crippen LogP contribution is -2.35. The highest BCUT2D eigenvalue weighted by Gasteiger charge is 2.26. The number of hydrogen-bond acceptors (Lipinski definition) is 4. The molecule has 0 radical (unpaired) electrons. The quantitative estimate of drug-likeness (QED) is 0.740. The van der Waals surface area contributed by atoms with Gasteiger partial charge in [0.2, 0.25) is 5.91 Å². The average Bonchev–Trinajstić information content (AvgIpc) is 2.68. The lowest BCUT2D eigenvalue weighted by atomic mass is 10.1. The topological polar surface area (TPSA) is 58.6 Å². The van der Waals surface area contributed by atoms with Gasteiger partial charge in [-0.25, -0.2) is 4.39 Å². The molecule has 0 bridgehead atoms. The van der Waals surface area contributed by atoms with Gasteiger partial charge in [-0.1, -0.05) is 12.1 Å². The van der Waals surface area contributed by atoms with Gasteiger partial charge in [0.15, 0.2) is 0 Å². The third-order valence-electron chi connectivity index (χ3n) is 4.23. The zero-order valence-corrected chi connectivity index (χ0v) is 15.9. The number of rotatable bonds is 7. The van der Waals surface area contributed by atoms with Gasteiger partial charge < -0.3 is 15.0 Å². The Bertz CT molecular complexity index is 826. The first kappa shape index (κ1) is 19.4. The summed E-state index contributed by atoms with van der Waals surface area (Å²) >= 11 is 1.46. The Morgan fingerprint density at radius 2 is 2.04 bits per heavy atom. The number of carbonyl (C=O) groups is 2. The SMILES string of the molecule is COCCCNC(=O)c1ccc2c(c1)N(Cc1ccc(F)cc1)C(=O)CS2. The Balaban J connectivity index is 1.79. The van der Waals surface area contributed by atoms with Crippen molar-refractivity contribution in [2.24, 2.45) is 0 Å². The van der Waals surface area contributed by atoms with Gasteiger partial charge in [-0.3, -0.25) is 9.59 Å². The number of thioether (sulfide) groups is 1. The van der Waals surface area contributed by atoms with Crippen LogP contribution in [-0.2, 0) is 16.1 Å². The van der Waals surface area contributed by atoms with Crippen LogP contribution in [0.1, 0.15) is 22.3 Å². The van der Waals surface area contributed by atoms with Crippen molar-refractivity contribution in [3.8, 4) is 0 Å². The second-order valence-corrected chi connectivity index (χ2v) is 7.20. The molecule has 0 saturated heterocycles. The Labute approximate surface area is 161 Å². The summed E-state index contributed by atoms with van der Waals surface area (Å²) in [6, 6.07) is 11.5. The van der Waals surface area contributed by atoms with E-state index in [1.165, 1.54) is 23.9 Å². The molecule has 0 saturated carbocycles. The smallest absolute Gasteiger partial charge is 0.251 e. The van der Waals surface area contributed by atoms with Gasteiger partial charge in [-0.05, 0) is 42.3 Å². The van der Waals surface area contributed by atoms with Gasteiger partial charge in [0.1, 0.15) is 5.82 Å². The maximum absolute atomic E-state index is 13.1. The predicted octanol–water partition coefficient (Wildman–Crippen LogP) is 3.23. The molecular weight excluding hydrogens is 367 g/mol. The van der Waals surface area contributed by atoms with Crippen molar-refractivity contribution in [1.29, 1.82) is 0 Å². The summed E-state index contributed by atoms with van der Waals surface area (Å²) < 4.78 is 18.1. The summed E-state index contributed by atoms with van der Waals surface area (Å²) in [6.07, 6.45) is 0.734. The number of hydrogen-bond donors (Lipinski definition) is 1. The lowest BCUT2D eigenvalue weighted by molar-refractivity contribution is -0.116. The van der Waals surface area contributed by atoms with E-state index in [2.05, 4.69) is 5.32 Å². The van der Waals surface area contributed by atoms with Crippen LogP contribution < -0.4 is 10.2 Å². The van der Waals surface area contributed by atoms with Crippen molar-refractivity contribution >= 4 is 29.3 Å². The Hall–Kier alpha value is -2.38. The minimum atomic E-state index is -0.313. The normalized spacial score (nSPS) is 13.4. The van der Waals surface area contributed by atoms with E-state index in [9.17, 15) is 14.0 Å². The number of amides is 2. The van der Waals surface area contributed by atoms with Crippen LogP contribution in [0.5, 0.6) is 0 Å². The number of carbonyl (C=O) groups excluding carboxylic acids is 2. The molecule has 0 unspecified atom stereocenters. The van der Waals surface area contributed by atoms with Gasteiger partial charge in [0.05, 0.1) is 18.0 Å². The van der Waals surface area contributed by atoms with Crippen molar-refractivity contribution in [3.05, 3.63) is 59.4 Å². The molecule has 0 aliphatic carbocycles. The highest BCUT2D eigenvalue weighted by Crippen LogP contribution is 2.36. The fourth-order valence-electron chi connectivity index (χ4n) is 2.81. The molecule has 5 nitrogen and oxygen atoms in total. The molecule has 1 heterocycles. The summed E-state index contributed by atoms with van der Waals surface area (Å²) in [5.41, 5.74) is 2.05. The van der Waals surface area contributed by atoms with Crippen molar-refractivity contribution in [1.82, 2.24) is 5.32 Å². The molecule has 1 aliphatic heterocycles. The van der Waals surface area contributed by atoms with E-state index in [-0.39, 0.29) is 17.6 Å². The molecule has 142 valence electrons. The summed E-state index contributed by atoms with van der Waals surface area (Å²) in [5.74, 6) is -0.184. The summed E-state index contributed by atoms with van der Waals surface area (Å²) in [6.45, 7) is 1.45. The number of nitrogens with zero attached hydrogens (tertiary/aromatic N) is 1. The highest BCUT2D eigenvalue weighted by molar-refractivity contribution is 8.00. The predicted molar refractivity (Wildman–Crippen MR) is 104 cm³/mol. The second-order valence-electron chi connectivity index (χ2n) is 6.18. The van der Waals surface area contributed by atoms with Crippen LogP contribution in [0.2, 0.25) is 0 Å². The van der Waals surface area contributed by atoms with E-state index in [4.69, 9.17) is 4.74 Å². The van der Waals surface area contributed by atoms with E-state index in [0.29, 0.717) is 36.7 Å². The average molecular weight is 388 g/mol. The molecule has 0 spiro atoms. The molecule has 2 aromatic rings. The summed E-state index contributed by atoms with van der Waals surface area (Å²) in [7, 11) is 1.62. The number of anilines is 1. The maximum atomic E-state index is 13.1. The van der Waals surface area contributed by atoms with E-state index in [1.54, 1.807) is 36.3 Å². The molecule has 1 N–H and O–H groups in total. The molecule has 3 rings (SSSR count). The van der Waals surface area contributed by atoms with Gasteiger partial charge in [-0.2, -0.15) is 0 Å². The summed E-state index contributed by atoms with van der Waals surface area (Å²) in [4.78, 5) is 27.4. The van der Waals surface area contributed by atoms with Crippen LogP contribution in [0.3, 0.4) is 0 Å². The van der Waals surface area contributed by atoms with Crippen LogP contribution in [0.4, 0.5) is 10.1 Å². The van der Waals surface area contributed by atoms with Crippen LogP contribution in [0.25, 0.3) is 0 Å². The van der Waals surface area contributed by atoms with Gasteiger partial charge in [-0.15, -0.1) is 11.8 Å². The van der Waals surface area contributed by atoms with E-state index < -0.39 is 0 Å². The molecule has 2 amide bonds. The number of halogens is 1. The number of methoxy groups -OCH3 is 1. The second kappa shape index (κ2) is 9.01. The Morgan fingerprint density at radius 3 is 2.78 bits per heavy atom. The highest BCUT2D eigenvalue weighted by atomic mass is 32.2. The molecule has 27 heavy (non-hydrogen) atoms. The number of benzene rings is 2. The molecule has 2 aromatic carbocycles. The van der Waals surface area contributed by atoms with Gasteiger partial charge >= 0.3 is 0 Å². The van der Waals surface area contributed by atoms with Crippen LogP contribution >= 0.6 is 11.8 Å². The largest absolute Gasteiger partial charge is 0.385 e. The minimum Gasteiger partial charge on any atom is -0.385 e. The fourth-order valence-corrected chi connectivity index (χ4v) is 3.73. The van der Waals surface area contributed by atoms with Crippen molar-refractivity contribution in [3.63, 3.8) is 0 Å². The van der Waals surface area contributed by atoms with Crippen molar-refractivity contribution in [2.45, 2.75) is 17.9 Å². The zero-order chi connectivity index (χ0) is 19.2. The first-order chi connectivity index (χ1) is 13.1. The van der Waals surface area contributed by atoms with E-state index >= 15 is 0 Å². The molecule has 1 aliphatic rings. The third kappa shape index (κ3) is 4.87. The number of nitrogens with one attached hydrogen (secondary N) is 1. The minimum absolute atomic E-state index is 0.0329. The molecule has 0 atom stereocenters. The van der Waals surface area contributed by atoms with Crippen molar-refractivity contribution in [2.75, 3.05) is 30.9 Å². The molecule has 7 heteroatoms. The van der Waals surface area contributed by atoms with Gasteiger partial charge in [0.25, 0.3) is 5.91 Å². The molecular formula is C20H21FN2O3S. The fraction of sp³-hybridized carbons (Fsp3) is 0.300.